The maximum Gasteiger partial charge on any atom is 0.191 e. The van der Waals surface area contributed by atoms with Crippen molar-refractivity contribution in [1.82, 2.24) is 20.4 Å². The quantitative estimate of drug-likeness (QED) is 0.314. The van der Waals surface area contributed by atoms with E-state index >= 15 is 0 Å². The van der Waals surface area contributed by atoms with Gasteiger partial charge in [-0.25, -0.2) is 4.99 Å². The van der Waals surface area contributed by atoms with E-state index in [1.165, 1.54) is 29.1 Å². The van der Waals surface area contributed by atoms with Gasteiger partial charge < -0.3 is 15.5 Å². The molecule has 0 unspecified atom stereocenters. The highest BCUT2D eigenvalue weighted by molar-refractivity contribution is 14.0. The minimum Gasteiger partial charge on any atom is -0.357 e. The van der Waals surface area contributed by atoms with Crippen molar-refractivity contribution in [3.8, 4) is 0 Å². The Hall–Kier alpha value is -1.16. The molecular formula is C22H34IN5S. The highest BCUT2D eigenvalue weighted by Crippen LogP contribution is 2.11. The number of thiophene rings is 1. The summed E-state index contributed by atoms with van der Waals surface area (Å²) in [6, 6.07) is 13.2. The van der Waals surface area contributed by atoms with E-state index in [4.69, 9.17) is 4.99 Å². The maximum atomic E-state index is 4.74. The standard InChI is InChI=1S/C22H33N5S.HI/c1-3-23-22(24-11-10-21-5-4-16-28-21)25-17-19-6-8-20(9-7-19)18-27-14-12-26(2)13-15-27;/h4-9,16H,3,10-15,17-18H2,1-2H3,(H2,23,24,25);1H. The van der Waals surface area contributed by atoms with E-state index in [1.807, 2.05) is 0 Å². The molecule has 2 heterocycles. The summed E-state index contributed by atoms with van der Waals surface area (Å²) in [7, 11) is 2.20. The molecule has 0 spiro atoms. The zero-order valence-electron chi connectivity index (χ0n) is 17.6. The molecule has 1 fully saturated rings. The molecule has 0 aliphatic carbocycles. The second-order valence-corrected chi connectivity index (χ2v) is 8.38. The predicted molar refractivity (Wildman–Crippen MR) is 135 cm³/mol. The smallest absolute Gasteiger partial charge is 0.191 e. The van der Waals surface area contributed by atoms with Gasteiger partial charge in [0.25, 0.3) is 0 Å². The maximum absolute atomic E-state index is 4.74. The second-order valence-electron chi connectivity index (χ2n) is 7.35. The first-order valence-corrected chi connectivity index (χ1v) is 11.1. The Labute approximate surface area is 196 Å². The molecule has 0 amide bonds. The number of hydrogen-bond acceptors (Lipinski definition) is 4. The number of rotatable bonds is 8. The molecule has 0 bridgehead atoms. The molecule has 1 saturated heterocycles. The third-order valence-corrected chi connectivity index (χ3v) is 5.97. The molecule has 160 valence electrons. The number of nitrogens with one attached hydrogen (secondary N) is 2. The average molecular weight is 528 g/mol. The zero-order valence-corrected chi connectivity index (χ0v) is 20.7. The van der Waals surface area contributed by atoms with Crippen LogP contribution < -0.4 is 10.6 Å². The Kier molecular flexibility index (Phi) is 11.0. The van der Waals surface area contributed by atoms with Gasteiger partial charge in [-0.15, -0.1) is 35.3 Å². The van der Waals surface area contributed by atoms with Gasteiger partial charge in [-0.1, -0.05) is 30.3 Å². The van der Waals surface area contributed by atoms with Gasteiger partial charge in [0.1, 0.15) is 0 Å². The van der Waals surface area contributed by atoms with E-state index in [2.05, 4.69) is 76.2 Å². The summed E-state index contributed by atoms with van der Waals surface area (Å²) < 4.78 is 0. The fraction of sp³-hybridized carbons (Fsp3) is 0.500. The van der Waals surface area contributed by atoms with Crippen molar-refractivity contribution in [2.24, 2.45) is 4.99 Å². The first-order chi connectivity index (χ1) is 13.7. The number of nitrogens with zero attached hydrogens (tertiary/aromatic N) is 3. The molecule has 1 aliphatic heterocycles. The van der Waals surface area contributed by atoms with Crippen molar-refractivity contribution >= 4 is 41.3 Å². The first-order valence-electron chi connectivity index (χ1n) is 10.3. The highest BCUT2D eigenvalue weighted by atomic mass is 127. The predicted octanol–water partition coefficient (Wildman–Crippen LogP) is 3.41. The lowest BCUT2D eigenvalue weighted by molar-refractivity contribution is 0.148. The number of piperazine rings is 1. The van der Waals surface area contributed by atoms with Crippen LogP contribution in [0.4, 0.5) is 0 Å². The van der Waals surface area contributed by atoms with Crippen LogP contribution in [0.1, 0.15) is 22.9 Å². The Morgan fingerprint density at radius 1 is 1.03 bits per heavy atom. The Morgan fingerprint density at radius 2 is 1.76 bits per heavy atom. The average Bonchev–Trinajstić information content (AvgIpc) is 3.22. The fourth-order valence-corrected chi connectivity index (χ4v) is 3.99. The van der Waals surface area contributed by atoms with Gasteiger partial charge >= 0.3 is 0 Å². The van der Waals surface area contributed by atoms with Crippen LogP contribution in [0, 0.1) is 0 Å². The van der Waals surface area contributed by atoms with Gasteiger partial charge in [-0.3, -0.25) is 4.90 Å². The van der Waals surface area contributed by atoms with Gasteiger partial charge in [0, 0.05) is 50.7 Å². The van der Waals surface area contributed by atoms with Gasteiger partial charge in [-0.2, -0.15) is 0 Å². The van der Waals surface area contributed by atoms with E-state index in [0.29, 0.717) is 6.54 Å². The van der Waals surface area contributed by atoms with Crippen molar-refractivity contribution < 1.29 is 0 Å². The number of hydrogen-bond donors (Lipinski definition) is 2. The third kappa shape index (κ3) is 8.62. The molecular weight excluding hydrogens is 493 g/mol. The first kappa shape index (κ1) is 24.1. The van der Waals surface area contributed by atoms with E-state index in [9.17, 15) is 0 Å². The Morgan fingerprint density at radius 3 is 2.41 bits per heavy atom. The monoisotopic (exact) mass is 527 g/mol. The zero-order chi connectivity index (χ0) is 19.6. The molecule has 1 aliphatic rings. The van der Waals surface area contributed by atoms with Crippen molar-refractivity contribution in [3.05, 3.63) is 57.8 Å². The molecule has 0 radical (unpaired) electrons. The van der Waals surface area contributed by atoms with E-state index < -0.39 is 0 Å². The Balaban J connectivity index is 0.00000300. The SMILES string of the molecule is CCNC(=NCc1ccc(CN2CCN(C)CC2)cc1)NCCc1cccs1.I. The second kappa shape index (κ2) is 13.2. The molecule has 3 rings (SSSR count). The van der Waals surface area contributed by atoms with Crippen molar-refractivity contribution in [3.63, 3.8) is 0 Å². The largest absolute Gasteiger partial charge is 0.357 e. The van der Waals surface area contributed by atoms with Crippen LogP contribution in [0.15, 0.2) is 46.8 Å². The van der Waals surface area contributed by atoms with Crippen molar-refractivity contribution in [1.29, 1.82) is 0 Å². The number of halogens is 1. The lowest BCUT2D eigenvalue weighted by Gasteiger charge is -2.32. The molecule has 2 aromatic rings. The fourth-order valence-electron chi connectivity index (χ4n) is 3.29. The van der Waals surface area contributed by atoms with Crippen LogP contribution in [-0.4, -0.2) is 62.1 Å². The Bertz CT molecular complexity index is 709. The minimum absolute atomic E-state index is 0. The topological polar surface area (TPSA) is 42.9 Å². The number of guanidine groups is 1. The summed E-state index contributed by atoms with van der Waals surface area (Å²) >= 11 is 1.81. The van der Waals surface area contributed by atoms with Crippen LogP contribution in [0.3, 0.4) is 0 Å². The highest BCUT2D eigenvalue weighted by Gasteiger charge is 2.13. The number of likely N-dealkylation sites (N-methyl/N-ethyl adjacent to an activating group) is 1. The summed E-state index contributed by atoms with van der Waals surface area (Å²) in [6.07, 6.45) is 1.03. The molecule has 0 saturated carbocycles. The van der Waals surface area contributed by atoms with Crippen LogP contribution in [0.2, 0.25) is 0 Å². The van der Waals surface area contributed by atoms with Crippen LogP contribution in [0.5, 0.6) is 0 Å². The molecule has 0 atom stereocenters. The molecule has 5 nitrogen and oxygen atoms in total. The summed E-state index contributed by atoms with van der Waals surface area (Å²) in [5.41, 5.74) is 2.64. The minimum atomic E-state index is 0. The van der Waals surface area contributed by atoms with Crippen LogP contribution in [-0.2, 0) is 19.5 Å². The summed E-state index contributed by atoms with van der Waals surface area (Å²) in [5, 5.41) is 8.89. The molecule has 2 N–H and O–H groups in total. The van der Waals surface area contributed by atoms with E-state index in [-0.39, 0.29) is 24.0 Å². The van der Waals surface area contributed by atoms with Crippen LogP contribution in [0.25, 0.3) is 0 Å². The normalized spacial score (nSPS) is 15.7. The van der Waals surface area contributed by atoms with Crippen molar-refractivity contribution in [2.75, 3.05) is 46.3 Å². The van der Waals surface area contributed by atoms with Gasteiger partial charge in [0.2, 0.25) is 0 Å². The summed E-state index contributed by atoms with van der Waals surface area (Å²) in [4.78, 5) is 11.1. The van der Waals surface area contributed by atoms with E-state index in [1.54, 1.807) is 11.3 Å². The van der Waals surface area contributed by atoms with E-state index in [0.717, 1.165) is 45.1 Å². The lowest BCUT2D eigenvalue weighted by atomic mass is 10.1. The molecule has 29 heavy (non-hydrogen) atoms. The third-order valence-electron chi connectivity index (χ3n) is 5.03. The van der Waals surface area contributed by atoms with Gasteiger partial charge in [0.15, 0.2) is 5.96 Å². The van der Waals surface area contributed by atoms with Crippen LogP contribution >= 0.6 is 35.3 Å². The van der Waals surface area contributed by atoms with Gasteiger partial charge in [0.05, 0.1) is 6.54 Å². The number of aliphatic imine (C=N–C) groups is 1. The summed E-state index contributed by atoms with van der Waals surface area (Å²) in [5.74, 6) is 0.889. The van der Waals surface area contributed by atoms with Gasteiger partial charge in [-0.05, 0) is 43.0 Å². The number of benzene rings is 1. The van der Waals surface area contributed by atoms with Crippen molar-refractivity contribution in [2.45, 2.75) is 26.4 Å². The lowest BCUT2D eigenvalue weighted by Crippen LogP contribution is -2.43. The molecule has 7 heteroatoms. The summed E-state index contributed by atoms with van der Waals surface area (Å²) in [6.45, 7) is 10.3. The molecule has 1 aromatic heterocycles. The molecule has 1 aromatic carbocycles.